The smallest absolute Gasteiger partial charge is 0.343 e. The van der Waals surface area contributed by atoms with Gasteiger partial charge in [0.25, 0.3) is 0 Å². The molecule has 1 saturated carbocycles. The van der Waals surface area contributed by atoms with Crippen LogP contribution in [0.2, 0.25) is 0 Å². The summed E-state index contributed by atoms with van der Waals surface area (Å²) >= 11 is 0. The number of amides is 1. The average Bonchev–Trinajstić information content (AvgIpc) is 3.07. The zero-order valence-corrected chi connectivity index (χ0v) is 15.3. The number of nitrogens with zero attached hydrogens (tertiary/aromatic N) is 2. The second kappa shape index (κ2) is 8.17. The van der Waals surface area contributed by atoms with Gasteiger partial charge in [-0.25, -0.2) is 9.48 Å². The average molecular weight is 355 g/mol. The zero-order chi connectivity index (χ0) is 18.5. The minimum Gasteiger partial charge on any atom is -0.462 e. The van der Waals surface area contributed by atoms with Crippen LogP contribution >= 0.6 is 0 Å². The second-order valence-corrected chi connectivity index (χ2v) is 6.84. The molecule has 6 heteroatoms. The van der Waals surface area contributed by atoms with Crippen LogP contribution in [0.15, 0.2) is 36.5 Å². The third kappa shape index (κ3) is 4.12. The van der Waals surface area contributed by atoms with Crippen molar-refractivity contribution in [2.24, 2.45) is 11.8 Å². The lowest BCUT2D eigenvalue weighted by Gasteiger charge is -2.24. The molecule has 0 saturated heterocycles. The van der Waals surface area contributed by atoms with Gasteiger partial charge in [0, 0.05) is 12.1 Å². The number of aromatic nitrogens is 2. The van der Waals surface area contributed by atoms with Gasteiger partial charge in [0.2, 0.25) is 5.91 Å². The number of benzene rings is 1. The van der Waals surface area contributed by atoms with E-state index in [9.17, 15) is 9.59 Å². The molecule has 0 aliphatic heterocycles. The van der Waals surface area contributed by atoms with Crippen molar-refractivity contribution in [3.8, 4) is 5.69 Å². The van der Waals surface area contributed by atoms with Crippen LogP contribution in [-0.4, -0.2) is 28.3 Å². The standard InChI is InChI=1S/C20H25N3O3/c1-3-26-20(25)17-13-23(16-7-5-4-6-8-16)22-18(17)21-19(24)15-11-9-14(2)10-12-15/h4-8,13-15H,3,9-12H2,1-2H3,(H,21,22,24). The summed E-state index contributed by atoms with van der Waals surface area (Å²) in [7, 11) is 0. The minimum atomic E-state index is -0.484. The van der Waals surface area contributed by atoms with Crippen molar-refractivity contribution in [3.05, 3.63) is 42.1 Å². The first kappa shape index (κ1) is 18.2. The van der Waals surface area contributed by atoms with Crippen molar-refractivity contribution in [2.45, 2.75) is 39.5 Å². The molecular formula is C20H25N3O3. The highest BCUT2D eigenvalue weighted by Crippen LogP contribution is 2.29. The van der Waals surface area contributed by atoms with Gasteiger partial charge in [0.1, 0.15) is 5.56 Å². The van der Waals surface area contributed by atoms with Crippen LogP contribution in [0.1, 0.15) is 49.9 Å². The topological polar surface area (TPSA) is 73.2 Å². The van der Waals surface area contributed by atoms with Crippen molar-refractivity contribution in [1.29, 1.82) is 0 Å². The molecule has 1 aliphatic carbocycles. The number of carbonyl (C=O) groups excluding carboxylic acids is 2. The lowest BCUT2D eigenvalue weighted by Crippen LogP contribution is -2.27. The monoisotopic (exact) mass is 355 g/mol. The summed E-state index contributed by atoms with van der Waals surface area (Å²) in [5.74, 6) is 0.355. The van der Waals surface area contributed by atoms with E-state index in [1.165, 1.54) is 0 Å². The maximum absolute atomic E-state index is 12.6. The van der Waals surface area contributed by atoms with Crippen molar-refractivity contribution in [1.82, 2.24) is 9.78 Å². The second-order valence-electron chi connectivity index (χ2n) is 6.84. The van der Waals surface area contributed by atoms with Crippen LogP contribution in [0.5, 0.6) is 0 Å². The van der Waals surface area contributed by atoms with Gasteiger partial charge in [-0.15, -0.1) is 5.10 Å². The Hall–Kier alpha value is -2.63. The molecule has 3 rings (SSSR count). The molecule has 0 atom stereocenters. The highest BCUT2D eigenvalue weighted by molar-refractivity contribution is 6.00. The van der Waals surface area contributed by atoms with E-state index in [-0.39, 0.29) is 29.8 Å². The number of esters is 1. The number of nitrogens with one attached hydrogen (secondary N) is 1. The molecule has 2 aromatic rings. The molecule has 138 valence electrons. The largest absolute Gasteiger partial charge is 0.462 e. The predicted octanol–water partition coefficient (Wildman–Crippen LogP) is 3.81. The summed E-state index contributed by atoms with van der Waals surface area (Å²) in [6.07, 6.45) is 5.47. The Bertz CT molecular complexity index is 762. The van der Waals surface area contributed by atoms with Crippen LogP contribution < -0.4 is 5.32 Å². The zero-order valence-electron chi connectivity index (χ0n) is 15.3. The van der Waals surface area contributed by atoms with Crippen molar-refractivity contribution < 1.29 is 14.3 Å². The van der Waals surface area contributed by atoms with E-state index in [4.69, 9.17) is 4.74 Å². The van der Waals surface area contributed by atoms with Crippen LogP contribution in [0.4, 0.5) is 5.82 Å². The van der Waals surface area contributed by atoms with E-state index < -0.39 is 5.97 Å². The number of rotatable bonds is 5. The van der Waals surface area contributed by atoms with Crippen LogP contribution in [0, 0.1) is 11.8 Å². The first-order valence-electron chi connectivity index (χ1n) is 9.21. The maximum Gasteiger partial charge on any atom is 0.343 e. The molecule has 1 aromatic heterocycles. The maximum atomic E-state index is 12.6. The SMILES string of the molecule is CCOC(=O)c1cn(-c2ccccc2)nc1NC(=O)C1CCC(C)CC1. The third-order valence-electron chi connectivity index (χ3n) is 4.86. The van der Waals surface area contributed by atoms with Gasteiger partial charge in [-0.2, -0.15) is 0 Å². The van der Waals surface area contributed by atoms with Gasteiger partial charge < -0.3 is 10.1 Å². The molecule has 1 aliphatic rings. The quantitative estimate of drug-likeness (QED) is 0.828. The summed E-state index contributed by atoms with van der Waals surface area (Å²) in [6.45, 7) is 4.23. The van der Waals surface area contributed by atoms with E-state index in [2.05, 4.69) is 17.3 Å². The van der Waals surface area contributed by atoms with Crippen LogP contribution in [0.3, 0.4) is 0 Å². The summed E-state index contributed by atoms with van der Waals surface area (Å²) in [6, 6.07) is 9.46. The normalized spacial score (nSPS) is 19.8. The molecule has 6 nitrogen and oxygen atoms in total. The fourth-order valence-electron chi connectivity index (χ4n) is 3.28. The Morgan fingerprint density at radius 2 is 1.88 bits per heavy atom. The highest BCUT2D eigenvalue weighted by atomic mass is 16.5. The van der Waals surface area contributed by atoms with Crippen molar-refractivity contribution in [2.75, 3.05) is 11.9 Å². The van der Waals surface area contributed by atoms with Gasteiger partial charge in [-0.05, 0) is 50.7 Å². The van der Waals surface area contributed by atoms with Crippen LogP contribution in [0.25, 0.3) is 5.69 Å². The predicted molar refractivity (Wildman–Crippen MR) is 99.3 cm³/mol. The number of carbonyl (C=O) groups is 2. The molecular weight excluding hydrogens is 330 g/mol. The van der Waals surface area contributed by atoms with Gasteiger partial charge in [-0.3, -0.25) is 4.79 Å². The van der Waals surface area contributed by atoms with Gasteiger partial charge >= 0.3 is 5.97 Å². The number of hydrogen-bond acceptors (Lipinski definition) is 4. The first-order chi connectivity index (χ1) is 12.6. The Morgan fingerprint density at radius 1 is 1.19 bits per heavy atom. The summed E-state index contributed by atoms with van der Waals surface area (Å²) in [4.78, 5) is 24.9. The third-order valence-corrected chi connectivity index (χ3v) is 4.86. The summed E-state index contributed by atoms with van der Waals surface area (Å²) in [5.41, 5.74) is 1.08. The molecule has 1 amide bonds. The van der Waals surface area contributed by atoms with Crippen molar-refractivity contribution >= 4 is 17.7 Å². The molecule has 0 radical (unpaired) electrons. The lowest BCUT2D eigenvalue weighted by atomic mass is 9.82. The molecule has 1 fully saturated rings. The highest BCUT2D eigenvalue weighted by Gasteiger charge is 2.27. The van der Waals surface area contributed by atoms with E-state index in [0.717, 1.165) is 31.4 Å². The fraction of sp³-hybridized carbons (Fsp3) is 0.450. The fourth-order valence-corrected chi connectivity index (χ4v) is 3.28. The van der Waals surface area contributed by atoms with E-state index in [1.54, 1.807) is 17.8 Å². The molecule has 0 spiro atoms. The minimum absolute atomic E-state index is 0.0249. The molecule has 0 bridgehead atoms. The molecule has 1 heterocycles. The molecule has 26 heavy (non-hydrogen) atoms. The molecule has 0 unspecified atom stereocenters. The Morgan fingerprint density at radius 3 is 2.54 bits per heavy atom. The Kier molecular flexibility index (Phi) is 5.71. The van der Waals surface area contributed by atoms with E-state index >= 15 is 0 Å². The number of para-hydroxylation sites is 1. The van der Waals surface area contributed by atoms with E-state index in [1.807, 2.05) is 30.3 Å². The van der Waals surface area contributed by atoms with Gasteiger partial charge in [0.05, 0.1) is 12.3 Å². The van der Waals surface area contributed by atoms with E-state index in [0.29, 0.717) is 5.92 Å². The lowest BCUT2D eigenvalue weighted by molar-refractivity contribution is -0.121. The number of hydrogen-bond donors (Lipinski definition) is 1. The first-order valence-corrected chi connectivity index (χ1v) is 9.21. The number of ether oxygens (including phenoxy) is 1. The number of anilines is 1. The van der Waals surface area contributed by atoms with Gasteiger partial charge in [0.15, 0.2) is 5.82 Å². The molecule has 1 N–H and O–H groups in total. The summed E-state index contributed by atoms with van der Waals surface area (Å²) < 4.78 is 6.70. The summed E-state index contributed by atoms with van der Waals surface area (Å²) in [5, 5.41) is 7.27. The van der Waals surface area contributed by atoms with Crippen molar-refractivity contribution in [3.63, 3.8) is 0 Å². The Balaban J connectivity index is 1.83. The Labute approximate surface area is 153 Å². The van der Waals surface area contributed by atoms with Crippen LogP contribution in [-0.2, 0) is 9.53 Å². The van der Waals surface area contributed by atoms with Gasteiger partial charge in [-0.1, -0.05) is 25.1 Å². The molecule has 1 aromatic carbocycles.